The first kappa shape index (κ1) is 17.9. The Kier molecular flexibility index (Phi) is 5.85. The molecule has 0 atom stereocenters. The smallest absolute Gasteiger partial charge is 0.236 e. The van der Waals surface area contributed by atoms with Crippen LogP contribution in [0.2, 0.25) is 0 Å². The van der Waals surface area contributed by atoms with Crippen LogP contribution in [0.3, 0.4) is 0 Å². The maximum absolute atomic E-state index is 13.7. The SMILES string of the molecule is COc1ccc(C=NN=C2NC(=O)CS2)cc1OCc1ccccc1F. The van der Waals surface area contributed by atoms with Crippen LogP contribution in [0, 0.1) is 5.82 Å². The van der Waals surface area contributed by atoms with E-state index in [0.29, 0.717) is 28.0 Å². The minimum atomic E-state index is -0.323. The van der Waals surface area contributed by atoms with Gasteiger partial charge < -0.3 is 14.8 Å². The predicted molar refractivity (Wildman–Crippen MR) is 99.4 cm³/mol. The summed E-state index contributed by atoms with van der Waals surface area (Å²) in [5, 5.41) is 11.0. The van der Waals surface area contributed by atoms with Crippen molar-refractivity contribution < 1.29 is 18.7 Å². The van der Waals surface area contributed by atoms with Gasteiger partial charge in [-0.2, -0.15) is 5.10 Å². The lowest BCUT2D eigenvalue weighted by Gasteiger charge is -2.11. The second-order valence-electron chi connectivity index (χ2n) is 5.28. The molecular formula is C18H16FN3O3S. The molecule has 1 saturated heterocycles. The zero-order chi connectivity index (χ0) is 18.4. The number of amidine groups is 1. The molecule has 1 aliphatic rings. The molecule has 2 aromatic rings. The Hall–Kier alpha value is -2.87. The Balaban J connectivity index is 1.72. The summed E-state index contributed by atoms with van der Waals surface area (Å²) in [4.78, 5) is 11.1. The van der Waals surface area contributed by atoms with Gasteiger partial charge in [-0.3, -0.25) is 4.79 Å². The predicted octanol–water partition coefficient (Wildman–Crippen LogP) is 2.97. The van der Waals surface area contributed by atoms with Gasteiger partial charge in [-0.15, -0.1) is 5.10 Å². The summed E-state index contributed by atoms with van der Waals surface area (Å²) < 4.78 is 24.7. The summed E-state index contributed by atoms with van der Waals surface area (Å²) >= 11 is 1.30. The van der Waals surface area contributed by atoms with Crippen molar-refractivity contribution in [3.8, 4) is 11.5 Å². The number of nitrogens with one attached hydrogen (secondary N) is 1. The Morgan fingerprint density at radius 3 is 2.85 bits per heavy atom. The molecule has 1 fully saturated rings. The van der Waals surface area contributed by atoms with E-state index >= 15 is 0 Å². The van der Waals surface area contributed by atoms with E-state index in [2.05, 4.69) is 15.5 Å². The van der Waals surface area contributed by atoms with E-state index in [4.69, 9.17) is 9.47 Å². The second-order valence-corrected chi connectivity index (χ2v) is 6.24. The highest BCUT2D eigenvalue weighted by atomic mass is 32.2. The summed E-state index contributed by atoms with van der Waals surface area (Å²) in [6, 6.07) is 11.7. The number of carbonyl (C=O) groups is 1. The summed E-state index contributed by atoms with van der Waals surface area (Å²) in [5.74, 6) is 0.943. The van der Waals surface area contributed by atoms with Crippen molar-refractivity contribution in [2.45, 2.75) is 6.61 Å². The molecule has 0 aromatic heterocycles. The van der Waals surface area contributed by atoms with Crippen LogP contribution in [-0.4, -0.2) is 30.2 Å². The Bertz CT molecular complexity index is 871. The van der Waals surface area contributed by atoms with Crippen LogP contribution in [0.5, 0.6) is 11.5 Å². The first-order valence-corrected chi connectivity index (χ1v) is 8.72. The first-order chi connectivity index (χ1) is 12.7. The number of methoxy groups -OCH3 is 1. The van der Waals surface area contributed by atoms with Gasteiger partial charge in [-0.1, -0.05) is 30.0 Å². The molecule has 0 saturated carbocycles. The number of nitrogens with zero attached hydrogens (tertiary/aromatic N) is 2. The van der Waals surface area contributed by atoms with Crippen LogP contribution in [0.1, 0.15) is 11.1 Å². The molecule has 1 heterocycles. The van der Waals surface area contributed by atoms with Crippen LogP contribution in [-0.2, 0) is 11.4 Å². The van der Waals surface area contributed by atoms with E-state index in [-0.39, 0.29) is 18.3 Å². The number of amides is 1. The molecule has 0 bridgehead atoms. The van der Waals surface area contributed by atoms with E-state index in [9.17, 15) is 9.18 Å². The van der Waals surface area contributed by atoms with Crippen LogP contribution in [0.4, 0.5) is 4.39 Å². The first-order valence-electron chi connectivity index (χ1n) is 7.73. The number of carbonyl (C=O) groups excluding carboxylic acids is 1. The van der Waals surface area contributed by atoms with Gasteiger partial charge in [-0.25, -0.2) is 4.39 Å². The van der Waals surface area contributed by atoms with Crippen molar-refractivity contribution >= 4 is 29.1 Å². The fraction of sp³-hybridized carbons (Fsp3) is 0.167. The maximum Gasteiger partial charge on any atom is 0.236 e. The lowest BCUT2D eigenvalue weighted by Crippen LogP contribution is -2.19. The average Bonchev–Trinajstić information content (AvgIpc) is 3.06. The third kappa shape index (κ3) is 4.60. The van der Waals surface area contributed by atoms with Crippen molar-refractivity contribution in [1.82, 2.24) is 5.32 Å². The lowest BCUT2D eigenvalue weighted by atomic mass is 10.2. The summed E-state index contributed by atoms with van der Waals surface area (Å²) in [6.45, 7) is 0.0780. The summed E-state index contributed by atoms with van der Waals surface area (Å²) in [6.07, 6.45) is 1.54. The van der Waals surface area contributed by atoms with Gasteiger partial charge in [0.2, 0.25) is 5.91 Å². The zero-order valence-corrected chi connectivity index (χ0v) is 14.8. The molecule has 0 radical (unpaired) electrons. The van der Waals surface area contributed by atoms with E-state index in [1.54, 1.807) is 36.4 Å². The summed E-state index contributed by atoms with van der Waals surface area (Å²) in [5.41, 5.74) is 1.18. The Morgan fingerprint density at radius 2 is 2.12 bits per heavy atom. The standard InChI is InChI=1S/C18H16FN3O3S/c1-24-15-7-6-12(9-20-22-18-21-17(23)11-26-18)8-16(15)25-10-13-4-2-3-5-14(13)19/h2-9H,10-11H2,1H3,(H,21,22,23). The normalized spacial score (nSPS) is 15.5. The third-order valence-electron chi connectivity index (χ3n) is 3.47. The highest BCUT2D eigenvalue weighted by Gasteiger charge is 2.16. The van der Waals surface area contributed by atoms with Gasteiger partial charge >= 0.3 is 0 Å². The topological polar surface area (TPSA) is 72.3 Å². The van der Waals surface area contributed by atoms with E-state index < -0.39 is 0 Å². The molecule has 0 aliphatic carbocycles. The maximum atomic E-state index is 13.7. The quantitative estimate of drug-likeness (QED) is 0.624. The number of halogens is 1. The molecule has 1 amide bonds. The van der Waals surface area contributed by atoms with E-state index in [1.807, 2.05) is 0 Å². The monoisotopic (exact) mass is 373 g/mol. The molecule has 8 heteroatoms. The molecule has 6 nitrogen and oxygen atoms in total. The molecule has 1 aliphatic heterocycles. The molecular weight excluding hydrogens is 357 g/mol. The van der Waals surface area contributed by atoms with Crippen molar-refractivity contribution in [3.63, 3.8) is 0 Å². The number of thioether (sulfide) groups is 1. The number of hydrogen-bond donors (Lipinski definition) is 1. The minimum Gasteiger partial charge on any atom is -0.493 e. The van der Waals surface area contributed by atoms with Gasteiger partial charge in [0.15, 0.2) is 16.7 Å². The van der Waals surface area contributed by atoms with Crippen LogP contribution in [0.25, 0.3) is 0 Å². The third-order valence-corrected chi connectivity index (χ3v) is 4.33. The van der Waals surface area contributed by atoms with Gasteiger partial charge in [-0.05, 0) is 29.8 Å². The van der Waals surface area contributed by atoms with Crippen LogP contribution >= 0.6 is 11.8 Å². The second kappa shape index (κ2) is 8.48. The molecule has 1 N–H and O–H groups in total. The highest BCUT2D eigenvalue weighted by Crippen LogP contribution is 2.28. The molecule has 2 aromatic carbocycles. The lowest BCUT2D eigenvalue weighted by molar-refractivity contribution is -0.116. The largest absolute Gasteiger partial charge is 0.493 e. The molecule has 134 valence electrons. The van der Waals surface area contributed by atoms with Crippen molar-refractivity contribution in [2.24, 2.45) is 10.2 Å². The fourth-order valence-electron chi connectivity index (χ4n) is 2.18. The van der Waals surface area contributed by atoms with Gasteiger partial charge in [0.05, 0.1) is 19.1 Å². The van der Waals surface area contributed by atoms with E-state index in [1.165, 1.54) is 31.2 Å². The fourth-order valence-corrected chi connectivity index (χ4v) is 2.82. The van der Waals surface area contributed by atoms with Crippen molar-refractivity contribution in [3.05, 3.63) is 59.4 Å². The number of ether oxygens (including phenoxy) is 2. The van der Waals surface area contributed by atoms with E-state index in [0.717, 1.165) is 5.56 Å². The zero-order valence-electron chi connectivity index (χ0n) is 13.9. The Labute approximate surface area is 154 Å². The number of hydrogen-bond acceptors (Lipinski definition) is 6. The summed E-state index contributed by atoms with van der Waals surface area (Å²) in [7, 11) is 1.53. The van der Waals surface area contributed by atoms with Gasteiger partial charge in [0, 0.05) is 5.56 Å². The van der Waals surface area contributed by atoms with Crippen LogP contribution in [0.15, 0.2) is 52.7 Å². The minimum absolute atomic E-state index is 0.0780. The molecule has 0 spiro atoms. The highest BCUT2D eigenvalue weighted by molar-refractivity contribution is 8.15. The van der Waals surface area contributed by atoms with Gasteiger partial charge in [0.1, 0.15) is 12.4 Å². The average molecular weight is 373 g/mol. The van der Waals surface area contributed by atoms with Crippen LogP contribution < -0.4 is 14.8 Å². The number of benzene rings is 2. The van der Waals surface area contributed by atoms with Gasteiger partial charge in [0.25, 0.3) is 0 Å². The van der Waals surface area contributed by atoms with Crippen molar-refractivity contribution in [1.29, 1.82) is 0 Å². The molecule has 26 heavy (non-hydrogen) atoms. The number of rotatable bonds is 6. The molecule has 0 unspecified atom stereocenters. The van der Waals surface area contributed by atoms with Crippen molar-refractivity contribution in [2.75, 3.05) is 12.9 Å². The molecule has 3 rings (SSSR count). The Morgan fingerprint density at radius 1 is 1.27 bits per heavy atom.